The van der Waals surface area contributed by atoms with E-state index >= 15 is 0 Å². The fraction of sp³-hybridized carbons (Fsp3) is 0.500. The molecule has 1 aromatic rings. The fourth-order valence-electron chi connectivity index (χ4n) is 2.37. The van der Waals surface area contributed by atoms with Crippen LogP contribution in [0.25, 0.3) is 0 Å². The predicted molar refractivity (Wildman–Crippen MR) is 76.7 cm³/mol. The second-order valence-corrected chi connectivity index (χ2v) is 5.31. The summed E-state index contributed by atoms with van der Waals surface area (Å²) in [6.07, 6.45) is -3.12. The maximum absolute atomic E-state index is 12.9. The Labute approximate surface area is 127 Å². The second kappa shape index (κ2) is 6.66. The molecule has 1 saturated heterocycles. The minimum absolute atomic E-state index is 0. The minimum Gasteiger partial charge on any atom is -0.347 e. The highest BCUT2D eigenvalue weighted by Gasteiger charge is 2.36. The number of carbonyl (C=O) groups is 1. The highest BCUT2D eigenvalue weighted by molar-refractivity contribution is 5.96. The number of hydrogen-bond donors (Lipinski definition) is 2. The molecular weight excluding hydrogens is 305 g/mol. The molecule has 1 fully saturated rings. The van der Waals surface area contributed by atoms with E-state index in [0.29, 0.717) is 12.8 Å². The molecule has 0 aliphatic carbocycles. The number of alkyl halides is 3. The van der Waals surface area contributed by atoms with E-state index in [1.165, 1.54) is 18.2 Å². The lowest BCUT2D eigenvalue weighted by molar-refractivity contribution is -0.138. The number of piperidine rings is 1. The van der Waals surface area contributed by atoms with Crippen LogP contribution in [0, 0.1) is 0 Å². The lowest BCUT2D eigenvalue weighted by Gasteiger charge is -2.35. The van der Waals surface area contributed by atoms with Gasteiger partial charge in [-0.2, -0.15) is 13.2 Å². The van der Waals surface area contributed by atoms with Crippen LogP contribution in [-0.4, -0.2) is 24.5 Å². The molecule has 7 heteroatoms. The molecule has 0 radical (unpaired) electrons. The standard InChI is InChI=1S/C14H17F3N2O.ClH/c1-13(6-8-18-9-7-13)19-12(20)10-4-2-3-5-11(10)14(15,16)17;/h2-5,18H,6-9H2,1H3,(H,19,20);1H. The SMILES string of the molecule is CC1(NC(=O)c2ccccc2C(F)(F)F)CCNCC1.Cl. The van der Waals surface area contributed by atoms with Gasteiger partial charge in [0.1, 0.15) is 0 Å². The van der Waals surface area contributed by atoms with Gasteiger partial charge in [-0.1, -0.05) is 12.1 Å². The van der Waals surface area contributed by atoms with Crippen molar-refractivity contribution >= 4 is 18.3 Å². The topological polar surface area (TPSA) is 41.1 Å². The van der Waals surface area contributed by atoms with Crippen LogP contribution in [0.2, 0.25) is 0 Å². The first-order valence-electron chi connectivity index (χ1n) is 6.51. The number of halogens is 4. The van der Waals surface area contributed by atoms with Gasteiger partial charge in [0.25, 0.3) is 5.91 Å². The molecule has 1 aliphatic heterocycles. The van der Waals surface area contributed by atoms with Crippen molar-refractivity contribution in [2.45, 2.75) is 31.5 Å². The maximum Gasteiger partial charge on any atom is 0.417 e. The molecule has 0 saturated carbocycles. The molecule has 0 bridgehead atoms. The lowest BCUT2D eigenvalue weighted by atomic mass is 9.90. The summed E-state index contributed by atoms with van der Waals surface area (Å²) < 4.78 is 38.7. The normalized spacial score (nSPS) is 17.7. The Bertz CT molecular complexity index is 499. The highest BCUT2D eigenvalue weighted by atomic mass is 35.5. The first-order chi connectivity index (χ1) is 9.32. The van der Waals surface area contributed by atoms with Gasteiger partial charge in [0, 0.05) is 5.54 Å². The van der Waals surface area contributed by atoms with Gasteiger partial charge < -0.3 is 10.6 Å². The van der Waals surface area contributed by atoms with Crippen molar-refractivity contribution in [3.8, 4) is 0 Å². The summed E-state index contributed by atoms with van der Waals surface area (Å²) in [6.45, 7) is 3.36. The van der Waals surface area contributed by atoms with E-state index in [9.17, 15) is 18.0 Å². The summed E-state index contributed by atoms with van der Waals surface area (Å²) in [5, 5.41) is 5.90. The fourth-order valence-corrected chi connectivity index (χ4v) is 2.37. The summed E-state index contributed by atoms with van der Waals surface area (Å²) in [7, 11) is 0. The lowest BCUT2D eigenvalue weighted by Crippen LogP contribution is -2.52. The van der Waals surface area contributed by atoms with Crippen molar-refractivity contribution in [2.75, 3.05) is 13.1 Å². The largest absolute Gasteiger partial charge is 0.417 e. The Morgan fingerprint density at radius 1 is 1.24 bits per heavy atom. The molecule has 118 valence electrons. The van der Waals surface area contributed by atoms with Crippen molar-refractivity contribution in [3.63, 3.8) is 0 Å². The molecule has 0 atom stereocenters. The molecule has 0 unspecified atom stereocenters. The summed E-state index contributed by atoms with van der Waals surface area (Å²) in [5.41, 5.74) is -1.67. The van der Waals surface area contributed by atoms with Gasteiger partial charge in [-0.3, -0.25) is 4.79 Å². The molecule has 3 nitrogen and oxygen atoms in total. The van der Waals surface area contributed by atoms with E-state index in [4.69, 9.17) is 0 Å². The number of benzene rings is 1. The van der Waals surface area contributed by atoms with E-state index in [1.54, 1.807) is 0 Å². The third kappa shape index (κ3) is 4.35. The Morgan fingerprint density at radius 2 is 1.81 bits per heavy atom. The van der Waals surface area contributed by atoms with Gasteiger partial charge in [0.15, 0.2) is 0 Å². The number of amides is 1. The minimum atomic E-state index is -4.52. The van der Waals surface area contributed by atoms with Gasteiger partial charge in [-0.25, -0.2) is 0 Å². The number of carbonyl (C=O) groups excluding carboxylic acids is 1. The number of nitrogens with one attached hydrogen (secondary N) is 2. The number of rotatable bonds is 2. The van der Waals surface area contributed by atoms with Crippen molar-refractivity contribution in [1.82, 2.24) is 10.6 Å². The van der Waals surface area contributed by atoms with Crippen LogP contribution in [0.3, 0.4) is 0 Å². The first kappa shape index (κ1) is 17.8. The van der Waals surface area contributed by atoms with Crippen LogP contribution >= 0.6 is 12.4 Å². The van der Waals surface area contributed by atoms with E-state index in [1.807, 2.05) is 6.92 Å². The van der Waals surface area contributed by atoms with Gasteiger partial charge in [-0.05, 0) is 45.0 Å². The van der Waals surface area contributed by atoms with Crippen molar-refractivity contribution < 1.29 is 18.0 Å². The monoisotopic (exact) mass is 322 g/mol. The summed E-state index contributed by atoms with van der Waals surface area (Å²) >= 11 is 0. The Kier molecular flexibility index (Phi) is 5.64. The zero-order valence-electron chi connectivity index (χ0n) is 11.6. The molecule has 1 heterocycles. The van der Waals surface area contributed by atoms with Crippen LogP contribution in [-0.2, 0) is 6.18 Å². The smallest absolute Gasteiger partial charge is 0.347 e. The van der Waals surface area contributed by atoms with E-state index in [2.05, 4.69) is 10.6 Å². The molecule has 2 N–H and O–H groups in total. The first-order valence-corrected chi connectivity index (χ1v) is 6.51. The van der Waals surface area contributed by atoms with Crippen LogP contribution in [0.4, 0.5) is 13.2 Å². The Hall–Kier alpha value is -1.27. The third-order valence-electron chi connectivity index (χ3n) is 3.60. The highest BCUT2D eigenvalue weighted by Crippen LogP contribution is 2.32. The predicted octanol–water partition coefficient (Wildman–Crippen LogP) is 3.00. The van der Waals surface area contributed by atoms with Crippen molar-refractivity contribution in [3.05, 3.63) is 35.4 Å². The summed E-state index contributed by atoms with van der Waals surface area (Å²) in [4.78, 5) is 12.2. The maximum atomic E-state index is 12.9. The van der Waals surface area contributed by atoms with Crippen molar-refractivity contribution in [2.24, 2.45) is 0 Å². The van der Waals surface area contributed by atoms with E-state index in [0.717, 1.165) is 19.2 Å². The summed E-state index contributed by atoms with van der Waals surface area (Å²) in [6, 6.07) is 4.86. The third-order valence-corrected chi connectivity index (χ3v) is 3.60. The average Bonchev–Trinajstić information content (AvgIpc) is 2.38. The van der Waals surface area contributed by atoms with Gasteiger partial charge in [0.2, 0.25) is 0 Å². The van der Waals surface area contributed by atoms with E-state index in [-0.39, 0.29) is 18.0 Å². The van der Waals surface area contributed by atoms with Gasteiger partial charge in [-0.15, -0.1) is 12.4 Å². The molecule has 1 aromatic carbocycles. The van der Waals surface area contributed by atoms with Gasteiger partial charge >= 0.3 is 6.18 Å². The molecule has 1 amide bonds. The molecular formula is C14H18ClF3N2O. The second-order valence-electron chi connectivity index (χ2n) is 5.31. The van der Waals surface area contributed by atoms with Crippen LogP contribution in [0.5, 0.6) is 0 Å². The molecule has 0 aromatic heterocycles. The molecule has 0 spiro atoms. The van der Waals surface area contributed by atoms with Crippen LogP contribution < -0.4 is 10.6 Å². The summed E-state index contributed by atoms with van der Waals surface area (Å²) in [5.74, 6) is -0.665. The zero-order valence-corrected chi connectivity index (χ0v) is 12.4. The van der Waals surface area contributed by atoms with Crippen molar-refractivity contribution in [1.29, 1.82) is 0 Å². The van der Waals surface area contributed by atoms with Gasteiger partial charge in [0.05, 0.1) is 11.1 Å². The Balaban J connectivity index is 0.00000220. The molecule has 2 rings (SSSR count). The number of hydrogen-bond acceptors (Lipinski definition) is 2. The van der Waals surface area contributed by atoms with E-state index < -0.39 is 23.2 Å². The Morgan fingerprint density at radius 3 is 2.38 bits per heavy atom. The molecule has 21 heavy (non-hydrogen) atoms. The molecule has 1 aliphatic rings. The van der Waals surface area contributed by atoms with Crippen LogP contribution in [0.15, 0.2) is 24.3 Å². The average molecular weight is 323 g/mol. The zero-order chi connectivity index (χ0) is 14.8. The quantitative estimate of drug-likeness (QED) is 0.879. The van der Waals surface area contributed by atoms with Crippen LogP contribution in [0.1, 0.15) is 35.7 Å².